The van der Waals surface area contributed by atoms with Gasteiger partial charge in [-0.15, -0.1) is 5.53 Å². The third kappa shape index (κ3) is 4.13. The first-order chi connectivity index (χ1) is 8.47. The lowest BCUT2D eigenvalue weighted by Gasteiger charge is -2.09. The number of nitrogens with one attached hydrogen (secondary N) is 3. The van der Waals surface area contributed by atoms with Crippen molar-refractivity contribution in [2.45, 2.75) is 4.90 Å². The van der Waals surface area contributed by atoms with Gasteiger partial charge in [0.2, 0.25) is 5.96 Å². The maximum absolute atomic E-state index is 10.8. The first-order valence-corrected chi connectivity index (χ1v) is 6.19. The van der Waals surface area contributed by atoms with Gasteiger partial charge in [0, 0.05) is 7.05 Å². The zero-order valence-electron chi connectivity index (χ0n) is 9.58. The number of benzene rings is 1. The molecule has 0 aliphatic rings. The Hall–Kier alpha value is -1.97. The van der Waals surface area contributed by atoms with E-state index < -0.39 is 10.1 Å². The Balaban J connectivity index is 2.57. The average molecular weight is 271 g/mol. The van der Waals surface area contributed by atoms with E-state index >= 15 is 0 Å². The molecule has 0 fully saturated rings. The van der Waals surface area contributed by atoms with Crippen LogP contribution >= 0.6 is 0 Å². The fourth-order valence-electron chi connectivity index (χ4n) is 1.04. The molecular weight excluding hydrogens is 258 g/mol. The zero-order valence-corrected chi connectivity index (χ0v) is 10.4. The standard InChI is InChI=1S/C9H13N5O3S/c1-10-9(11-2)13-14-12-7-3-5-8(6-4-7)18(15,16)17/h3-6,12,14H,1H2,2H3,(H,11,13)(H,15,16,17). The minimum Gasteiger partial charge on any atom is -0.304 e. The lowest BCUT2D eigenvalue weighted by molar-refractivity contribution is 0.483. The summed E-state index contributed by atoms with van der Waals surface area (Å²) < 4.78 is 30.4. The molecule has 0 aromatic heterocycles. The van der Waals surface area contributed by atoms with Crippen LogP contribution < -0.4 is 16.4 Å². The molecule has 1 aromatic carbocycles. The number of rotatable bonds is 4. The fraction of sp³-hybridized carbons (Fsp3) is 0.111. The molecule has 0 aliphatic carbocycles. The van der Waals surface area contributed by atoms with Crippen molar-refractivity contribution < 1.29 is 13.0 Å². The average Bonchev–Trinajstić information content (AvgIpc) is 2.34. The van der Waals surface area contributed by atoms with Crippen LogP contribution in [0.4, 0.5) is 5.69 Å². The smallest absolute Gasteiger partial charge is 0.294 e. The largest absolute Gasteiger partial charge is 0.304 e. The summed E-state index contributed by atoms with van der Waals surface area (Å²) >= 11 is 0. The molecule has 9 heteroatoms. The van der Waals surface area contributed by atoms with Gasteiger partial charge in [-0.1, -0.05) is 0 Å². The number of hydrazine groups is 2. The predicted molar refractivity (Wildman–Crippen MR) is 69.1 cm³/mol. The van der Waals surface area contributed by atoms with Crippen molar-refractivity contribution in [3.8, 4) is 0 Å². The summed E-state index contributed by atoms with van der Waals surface area (Å²) in [5.41, 5.74) is 8.48. The molecule has 0 saturated heterocycles. The van der Waals surface area contributed by atoms with Crippen molar-refractivity contribution in [1.29, 1.82) is 0 Å². The van der Waals surface area contributed by atoms with Gasteiger partial charge >= 0.3 is 0 Å². The van der Waals surface area contributed by atoms with Gasteiger partial charge in [-0.3, -0.25) is 15.0 Å². The second-order valence-corrected chi connectivity index (χ2v) is 4.50. The van der Waals surface area contributed by atoms with Crippen LogP contribution in [0.5, 0.6) is 0 Å². The molecule has 0 spiro atoms. The molecule has 0 amide bonds. The predicted octanol–water partition coefficient (Wildman–Crippen LogP) is 0.0408. The Morgan fingerprint density at radius 3 is 2.39 bits per heavy atom. The fourth-order valence-corrected chi connectivity index (χ4v) is 1.52. The van der Waals surface area contributed by atoms with E-state index in [2.05, 4.69) is 33.1 Å². The number of aliphatic imine (C=N–C) groups is 2. The van der Waals surface area contributed by atoms with Gasteiger partial charge in [-0.2, -0.15) is 8.42 Å². The van der Waals surface area contributed by atoms with Crippen LogP contribution in [-0.2, 0) is 10.1 Å². The minimum absolute atomic E-state index is 0.176. The molecule has 0 radical (unpaired) electrons. The van der Waals surface area contributed by atoms with Crippen molar-refractivity contribution in [1.82, 2.24) is 11.0 Å². The van der Waals surface area contributed by atoms with Gasteiger partial charge in [-0.05, 0) is 31.0 Å². The lowest BCUT2D eigenvalue weighted by atomic mass is 10.3. The van der Waals surface area contributed by atoms with E-state index in [-0.39, 0.29) is 10.9 Å². The van der Waals surface area contributed by atoms with E-state index in [1.165, 1.54) is 24.3 Å². The molecule has 0 unspecified atom stereocenters. The second kappa shape index (κ2) is 6.10. The van der Waals surface area contributed by atoms with Crippen LogP contribution in [0, 0.1) is 0 Å². The van der Waals surface area contributed by atoms with Crippen molar-refractivity contribution in [3.63, 3.8) is 0 Å². The van der Waals surface area contributed by atoms with Crippen LogP contribution in [0.3, 0.4) is 0 Å². The van der Waals surface area contributed by atoms with Crippen LogP contribution in [0.2, 0.25) is 0 Å². The Bertz CT molecular complexity index is 538. The normalized spacial score (nSPS) is 12.0. The Morgan fingerprint density at radius 1 is 1.33 bits per heavy atom. The third-order valence-electron chi connectivity index (χ3n) is 1.89. The molecule has 98 valence electrons. The van der Waals surface area contributed by atoms with Crippen molar-refractivity contribution >= 4 is 28.5 Å². The van der Waals surface area contributed by atoms with Crippen LogP contribution in [-0.4, -0.2) is 32.7 Å². The summed E-state index contributed by atoms with van der Waals surface area (Å²) in [5, 5.41) is 0. The monoisotopic (exact) mass is 271 g/mol. The molecule has 4 N–H and O–H groups in total. The van der Waals surface area contributed by atoms with E-state index in [4.69, 9.17) is 4.55 Å². The zero-order chi connectivity index (χ0) is 13.6. The van der Waals surface area contributed by atoms with E-state index in [9.17, 15) is 8.42 Å². The Labute approximate surface area is 105 Å². The van der Waals surface area contributed by atoms with E-state index in [1.54, 1.807) is 7.05 Å². The number of hydrogen-bond acceptors (Lipinski definition) is 5. The SMILES string of the molecule is C=NC(=NC)NNNc1ccc(S(=O)(=O)O)cc1. The highest BCUT2D eigenvalue weighted by molar-refractivity contribution is 7.85. The molecule has 0 saturated carbocycles. The van der Waals surface area contributed by atoms with Gasteiger partial charge in [-0.25, -0.2) is 4.99 Å². The van der Waals surface area contributed by atoms with Gasteiger partial charge in [0.05, 0.1) is 10.6 Å². The second-order valence-electron chi connectivity index (χ2n) is 3.08. The summed E-state index contributed by atoms with van der Waals surface area (Å²) in [5.74, 6) is 0.289. The molecule has 0 atom stereocenters. The van der Waals surface area contributed by atoms with Crippen molar-refractivity contribution in [2.75, 3.05) is 12.5 Å². The van der Waals surface area contributed by atoms with Gasteiger partial charge < -0.3 is 5.43 Å². The molecule has 1 rings (SSSR count). The Morgan fingerprint density at radius 2 is 1.94 bits per heavy atom. The van der Waals surface area contributed by atoms with Gasteiger partial charge in [0.25, 0.3) is 10.1 Å². The lowest BCUT2D eigenvalue weighted by Crippen LogP contribution is -2.40. The molecule has 1 aromatic rings. The third-order valence-corrected chi connectivity index (χ3v) is 2.76. The summed E-state index contributed by atoms with van der Waals surface area (Å²) in [6, 6.07) is 5.48. The molecular formula is C9H13N5O3S. The molecule has 0 heterocycles. The number of anilines is 1. The highest BCUT2D eigenvalue weighted by Crippen LogP contribution is 2.12. The van der Waals surface area contributed by atoms with E-state index in [0.29, 0.717) is 5.69 Å². The minimum atomic E-state index is -4.17. The maximum atomic E-state index is 10.8. The summed E-state index contributed by atoms with van der Waals surface area (Å²) in [7, 11) is -2.63. The van der Waals surface area contributed by atoms with E-state index in [0.717, 1.165) is 0 Å². The highest BCUT2D eigenvalue weighted by atomic mass is 32.2. The quantitative estimate of drug-likeness (QED) is 0.266. The molecule has 0 bridgehead atoms. The first kappa shape index (κ1) is 14.1. The Kier molecular flexibility index (Phi) is 4.77. The topological polar surface area (TPSA) is 115 Å². The van der Waals surface area contributed by atoms with Crippen molar-refractivity contribution in [2.24, 2.45) is 9.98 Å². The molecule has 18 heavy (non-hydrogen) atoms. The summed E-state index contributed by atoms with van der Waals surface area (Å²) in [6.45, 7) is 3.29. The maximum Gasteiger partial charge on any atom is 0.294 e. The first-order valence-electron chi connectivity index (χ1n) is 4.75. The van der Waals surface area contributed by atoms with Crippen LogP contribution in [0.25, 0.3) is 0 Å². The highest BCUT2D eigenvalue weighted by Gasteiger charge is 2.07. The van der Waals surface area contributed by atoms with Gasteiger partial charge in [0.1, 0.15) is 0 Å². The number of guanidine groups is 1. The van der Waals surface area contributed by atoms with Crippen LogP contribution in [0.1, 0.15) is 0 Å². The number of hydrogen-bond donors (Lipinski definition) is 4. The summed E-state index contributed by atoms with van der Waals surface area (Å²) in [4.78, 5) is 7.13. The number of nitrogens with zero attached hydrogens (tertiary/aromatic N) is 2. The molecule has 8 nitrogen and oxygen atoms in total. The van der Waals surface area contributed by atoms with Crippen molar-refractivity contribution in [3.05, 3.63) is 24.3 Å². The van der Waals surface area contributed by atoms with Crippen LogP contribution in [0.15, 0.2) is 39.1 Å². The molecule has 0 aliphatic heterocycles. The van der Waals surface area contributed by atoms with E-state index in [1.807, 2.05) is 0 Å². The van der Waals surface area contributed by atoms with Gasteiger partial charge in [0.15, 0.2) is 0 Å². The summed E-state index contributed by atoms with van der Waals surface area (Å²) in [6.07, 6.45) is 0.